The molecule has 1 N–H and O–H groups in total. The first-order chi connectivity index (χ1) is 8.05. The van der Waals surface area contributed by atoms with Gasteiger partial charge in [0.05, 0.1) is 5.25 Å². The zero-order valence-corrected chi connectivity index (χ0v) is 11.4. The van der Waals surface area contributed by atoms with Gasteiger partial charge < -0.3 is 5.32 Å². The van der Waals surface area contributed by atoms with Crippen LogP contribution in [0.1, 0.15) is 44.9 Å². The summed E-state index contributed by atoms with van der Waals surface area (Å²) in [5, 5.41) is 3.53. The van der Waals surface area contributed by atoms with Crippen molar-refractivity contribution in [2.75, 3.05) is 6.26 Å². The van der Waals surface area contributed by atoms with Crippen molar-refractivity contribution in [2.45, 2.75) is 62.3 Å². The number of nitrogens with one attached hydrogen (secondary N) is 1. The summed E-state index contributed by atoms with van der Waals surface area (Å²) < 4.78 is 23.2. The highest BCUT2D eigenvalue weighted by Crippen LogP contribution is 2.25. The van der Waals surface area contributed by atoms with Crippen LogP contribution in [0.5, 0.6) is 0 Å². The lowest BCUT2D eigenvalue weighted by Gasteiger charge is -2.32. The number of hydrogen-bond acceptors (Lipinski definition) is 3. The molecular weight excluding hydrogens is 234 g/mol. The Kier molecular flexibility index (Phi) is 4.26. The van der Waals surface area contributed by atoms with E-state index in [1.807, 2.05) is 0 Å². The van der Waals surface area contributed by atoms with Crippen molar-refractivity contribution in [1.29, 1.82) is 0 Å². The highest BCUT2D eigenvalue weighted by Gasteiger charge is 2.29. The molecule has 0 spiro atoms. The Balaban J connectivity index is 1.87. The molecule has 0 aromatic heterocycles. The monoisotopic (exact) mass is 257 g/mol. The highest BCUT2D eigenvalue weighted by atomic mass is 32.2. The van der Waals surface area contributed by atoms with Gasteiger partial charge in [0.25, 0.3) is 0 Å². The minimum Gasteiger partial charge on any atom is -0.311 e. The molecule has 98 valence electrons. The lowest BCUT2D eigenvalue weighted by Crippen LogP contribution is -2.44. The lowest BCUT2D eigenvalue weighted by atomic mass is 9.92. The van der Waals surface area contributed by atoms with E-state index < -0.39 is 9.84 Å². The number of sulfone groups is 1. The largest absolute Gasteiger partial charge is 0.311 e. The van der Waals surface area contributed by atoms with E-state index in [1.54, 1.807) is 0 Å². The van der Waals surface area contributed by atoms with Crippen LogP contribution in [0, 0.1) is 0 Å². The van der Waals surface area contributed by atoms with Crippen molar-refractivity contribution >= 4 is 9.84 Å². The van der Waals surface area contributed by atoms with Crippen LogP contribution in [0.3, 0.4) is 0 Å². The van der Waals surface area contributed by atoms with E-state index >= 15 is 0 Å². The Hall–Kier alpha value is -0.350. The minimum absolute atomic E-state index is 0.118. The summed E-state index contributed by atoms with van der Waals surface area (Å²) in [6.45, 7) is 0. The van der Waals surface area contributed by atoms with E-state index in [4.69, 9.17) is 0 Å². The van der Waals surface area contributed by atoms with Gasteiger partial charge in [0.2, 0.25) is 0 Å². The molecule has 2 aliphatic rings. The summed E-state index contributed by atoms with van der Waals surface area (Å²) in [5.41, 5.74) is 0. The molecule has 0 bridgehead atoms. The standard InChI is InChI=1S/C13H23NO2S/c1-17(15,16)13-9-5-8-12(10-13)14-11-6-3-2-4-7-11/h2-3,11-14H,4-10H2,1H3. The van der Waals surface area contributed by atoms with Gasteiger partial charge in [-0.25, -0.2) is 8.42 Å². The second-order valence-corrected chi connectivity index (χ2v) is 7.79. The molecule has 0 aromatic carbocycles. The average Bonchev–Trinajstić information content (AvgIpc) is 2.29. The Morgan fingerprint density at radius 1 is 1.12 bits per heavy atom. The smallest absolute Gasteiger partial charge is 0.150 e. The van der Waals surface area contributed by atoms with Crippen molar-refractivity contribution in [2.24, 2.45) is 0 Å². The second-order valence-electron chi connectivity index (χ2n) is 5.46. The summed E-state index contributed by atoms with van der Waals surface area (Å²) in [7, 11) is -2.85. The first kappa shape index (κ1) is 13.1. The van der Waals surface area contributed by atoms with E-state index in [0.29, 0.717) is 12.1 Å². The fraction of sp³-hybridized carbons (Fsp3) is 0.846. The molecule has 4 heteroatoms. The van der Waals surface area contributed by atoms with Gasteiger partial charge in [-0.3, -0.25) is 0 Å². The van der Waals surface area contributed by atoms with Gasteiger partial charge in [-0.05, 0) is 38.5 Å². The minimum atomic E-state index is -2.85. The molecule has 3 nitrogen and oxygen atoms in total. The van der Waals surface area contributed by atoms with Gasteiger partial charge in [0.15, 0.2) is 0 Å². The van der Waals surface area contributed by atoms with Crippen molar-refractivity contribution < 1.29 is 8.42 Å². The molecule has 0 radical (unpaired) electrons. The Morgan fingerprint density at radius 3 is 2.59 bits per heavy atom. The van der Waals surface area contributed by atoms with E-state index in [1.165, 1.54) is 12.7 Å². The van der Waals surface area contributed by atoms with Crippen LogP contribution in [-0.4, -0.2) is 32.0 Å². The fourth-order valence-electron chi connectivity index (χ4n) is 2.96. The Labute approximate surface area is 105 Å². The topological polar surface area (TPSA) is 46.2 Å². The third kappa shape index (κ3) is 3.81. The normalized spacial score (nSPS) is 34.8. The number of hydrogen-bond donors (Lipinski definition) is 1. The predicted molar refractivity (Wildman–Crippen MR) is 70.8 cm³/mol. The zero-order chi connectivity index (χ0) is 12.3. The van der Waals surface area contributed by atoms with Crippen LogP contribution in [0.2, 0.25) is 0 Å². The van der Waals surface area contributed by atoms with Crippen molar-refractivity contribution in [1.82, 2.24) is 5.32 Å². The summed E-state index contributed by atoms with van der Waals surface area (Å²) in [4.78, 5) is 0. The zero-order valence-electron chi connectivity index (χ0n) is 10.6. The molecule has 2 rings (SSSR count). The maximum atomic E-state index is 11.6. The average molecular weight is 257 g/mol. The molecule has 3 unspecified atom stereocenters. The van der Waals surface area contributed by atoms with Gasteiger partial charge in [-0.15, -0.1) is 0 Å². The van der Waals surface area contributed by atoms with Crippen LogP contribution in [0.4, 0.5) is 0 Å². The Bertz CT molecular complexity index is 375. The van der Waals surface area contributed by atoms with Crippen LogP contribution in [0.25, 0.3) is 0 Å². The van der Waals surface area contributed by atoms with E-state index in [9.17, 15) is 8.42 Å². The third-order valence-corrected chi connectivity index (χ3v) is 5.61. The first-order valence-corrected chi connectivity index (χ1v) is 8.61. The van der Waals surface area contributed by atoms with Gasteiger partial charge in [-0.2, -0.15) is 0 Å². The number of allylic oxidation sites excluding steroid dienone is 1. The van der Waals surface area contributed by atoms with Gasteiger partial charge in [0.1, 0.15) is 9.84 Å². The molecular formula is C13H23NO2S. The summed E-state index contributed by atoms with van der Waals surface area (Å²) in [5.74, 6) is 0. The van der Waals surface area contributed by atoms with E-state index in [2.05, 4.69) is 17.5 Å². The van der Waals surface area contributed by atoms with Crippen LogP contribution < -0.4 is 5.32 Å². The molecule has 3 atom stereocenters. The SMILES string of the molecule is CS(=O)(=O)C1CCCC(NC2CC=CCC2)C1. The van der Waals surface area contributed by atoms with Crippen molar-refractivity contribution in [3.8, 4) is 0 Å². The van der Waals surface area contributed by atoms with Gasteiger partial charge in [0, 0.05) is 18.3 Å². The molecule has 0 saturated heterocycles. The van der Waals surface area contributed by atoms with Crippen molar-refractivity contribution in [3.05, 3.63) is 12.2 Å². The van der Waals surface area contributed by atoms with E-state index in [-0.39, 0.29) is 5.25 Å². The molecule has 0 aromatic rings. The predicted octanol–water partition coefficient (Wildman–Crippen LogP) is 2.04. The lowest BCUT2D eigenvalue weighted by molar-refractivity contribution is 0.325. The molecule has 1 fully saturated rings. The van der Waals surface area contributed by atoms with Gasteiger partial charge >= 0.3 is 0 Å². The van der Waals surface area contributed by atoms with Crippen LogP contribution >= 0.6 is 0 Å². The quantitative estimate of drug-likeness (QED) is 0.787. The maximum absolute atomic E-state index is 11.6. The summed E-state index contributed by atoms with van der Waals surface area (Å²) in [6.07, 6.45) is 13.1. The Morgan fingerprint density at radius 2 is 1.94 bits per heavy atom. The molecule has 0 aliphatic heterocycles. The molecule has 0 heterocycles. The fourth-order valence-corrected chi connectivity index (χ4v) is 4.14. The van der Waals surface area contributed by atoms with Crippen molar-refractivity contribution in [3.63, 3.8) is 0 Å². The van der Waals surface area contributed by atoms with Gasteiger partial charge in [-0.1, -0.05) is 18.6 Å². The summed E-state index contributed by atoms with van der Waals surface area (Å²) in [6, 6.07) is 0.961. The third-order valence-electron chi connectivity index (χ3n) is 3.97. The molecule has 0 amide bonds. The summed E-state index contributed by atoms with van der Waals surface area (Å²) >= 11 is 0. The van der Waals surface area contributed by atoms with E-state index in [0.717, 1.165) is 38.5 Å². The highest BCUT2D eigenvalue weighted by molar-refractivity contribution is 7.91. The molecule has 2 aliphatic carbocycles. The number of rotatable bonds is 3. The van der Waals surface area contributed by atoms with Crippen LogP contribution in [0.15, 0.2) is 12.2 Å². The molecule has 17 heavy (non-hydrogen) atoms. The first-order valence-electron chi connectivity index (χ1n) is 6.65. The maximum Gasteiger partial charge on any atom is 0.150 e. The molecule has 1 saturated carbocycles. The van der Waals surface area contributed by atoms with Crippen LogP contribution in [-0.2, 0) is 9.84 Å². The second kappa shape index (κ2) is 5.53.